The highest BCUT2D eigenvalue weighted by Gasteiger charge is 2.32. The molecule has 158 valence electrons. The third-order valence-electron chi connectivity index (χ3n) is 4.26. The number of aliphatic imine (C=N–C) groups is 1. The highest BCUT2D eigenvalue weighted by atomic mass is 35.5. The molecule has 0 bridgehead atoms. The molecule has 2 aromatic carbocycles. The van der Waals surface area contributed by atoms with E-state index in [2.05, 4.69) is 10.3 Å². The molecule has 3 rings (SSSR count). The maximum absolute atomic E-state index is 13.1. The normalized spacial score (nSPS) is 14.5. The Morgan fingerprint density at radius 2 is 1.97 bits per heavy atom. The minimum atomic E-state index is -0.303. The smallest absolute Gasteiger partial charge is 0.283 e. The Morgan fingerprint density at radius 1 is 1.23 bits per heavy atom. The van der Waals surface area contributed by atoms with Crippen molar-refractivity contribution < 1.29 is 9.59 Å². The second kappa shape index (κ2) is 10.5. The first-order valence-electron chi connectivity index (χ1n) is 9.32. The lowest BCUT2D eigenvalue weighted by molar-refractivity contribution is -0.118. The second-order valence-electron chi connectivity index (χ2n) is 6.62. The van der Waals surface area contributed by atoms with Crippen molar-refractivity contribution >= 4 is 63.7 Å². The summed E-state index contributed by atoms with van der Waals surface area (Å²) in [5.41, 5.74) is 2.63. The monoisotopic (exact) mass is 472 g/mol. The molecule has 0 fully saturated rings. The number of anilines is 1. The van der Waals surface area contributed by atoms with Crippen molar-refractivity contribution in [2.75, 3.05) is 17.2 Å². The predicted molar refractivity (Wildman–Crippen MR) is 126 cm³/mol. The van der Waals surface area contributed by atoms with Crippen LogP contribution in [0.5, 0.6) is 0 Å². The molecule has 0 radical (unpaired) electrons. The van der Waals surface area contributed by atoms with Gasteiger partial charge < -0.3 is 5.32 Å². The van der Waals surface area contributed by atoms with Crippen LogP contribution in [-0.4, -0.2) is 29.3 Å². The van der Waals surface area contributed by atoms with Crippen LogP contribution in [0.25, 0.3) is 6.08 Å². The van der Waals surface area contributed by atoms with Crippen LogP contribution in [0.1, 0.15) is 17.5 Å². The van der Waals surface area contributed by atoms with Crippen LogP contribution in [0, 0.1) is 18.3 Å². The average Bonchev–Trinajstić information content (AvgIpc) is 3.05. The molecule has 9 heteroatoms. The zero-order valence-electron chi connectivity index (χ0n) is 16.6. The van der Waals surface area contributed by atoms with E-state index in [1.807, 2.05) is 37.3 Å². The standard InChI is InChI=1S/C22H18Cl2N4O2S/c1-14-3-6-16(7-4-14)28-21(30)19(12-15-5-8-17(23)18(24)11-15)27-22(28)31-13-20(29)26-10-2-9-25/h3-8,11-12H,2,10,13H2,1H3,(H,26,29)/b19-12+. The predicted octanol–water partition coefficient (Wildman–Crippen LogP) is 4.81. The Kier molecular flexibility index (Phi) is 7.75. The van der Waals surface area contributed by atoms with E-state index in [1.54, 1.807) is 24.3 Å². The summed E-state index contributed by atoms with van der Waals surface area (Å²) in [6.45, 7) is 2.24. The van der Waals surface area contributed by atoms with Gasteiger partial charge in [0.2, 0.25) is 5.91 Å². The van der Waals surface area contributed by atoms with E-state index < -0.39 is 0 Å². The Hall–Kier alpha value is -2.79. The molecule has 0 saturated carbocycles. The molecule has 1 N–H and O–H groups in total. The number of carbonyl (C=O) groups excluding carboxylic acids is 2. The van der Waals surface area contributed by atoms with E-state index in [4.69, 9.17) is 28.5 Å². The fourth-order valence-corrected chi connectivity index (χ4v) is 3.86. The maximum Gasteiger partial charge on any atom is 0.283 e. The Labute approximate surface area is 194 Å². The van der Waals surface area contributed by atoms with Gasteiger partial charge in [-0.2, -0.15) is 5.26 Å². The Bertz CT molecular complexity index is 1110. The fourth-order valence-electron chi connectivity index (χ4n) is 2.71. The van der Waals surface area contributed by atoms with Crippen LogP contribution in [0.4, 0.5) is 5.69 Å². The van der Waals surface area contributed by atoms with Gasteiger partial charge in [0.15, 0.2) is 5.17 Å². The number of thioether (sulfide) groups is 1. The summed E-state index contributed by atoms with van der Waals surface area (Å²) in [7, 11) is 0. The number of rotatable bonds is 6. The van der Waals surface area contributed by atoms with E-state index in [0.717, 1.165) is 17.3 Å². The van der Waals surface area contributed by atoms with Crippen molar-refractivity contribution in [1.82, 2.24) is 5.32 Å². The van der Waals surface area contributed by atoms with Gasteiger partial charge in [-0.3, -0.25) is 14.5 Å². The van der Waals surface area contributed by atoms with Gasteiger partial charge in [-0.05, 0) is 42.8 Å². The quantitative estimate of drug-likeness (QED) is 0.482. The van der Waals surface area contributed by atoms with E-state index in [9.17, 15) is 9.59 Å². The summed E-state index contributed by atoms with van der Waals surface area (Å²) >= 11 is 13.2. The average molecular weight is 473 g/mol. The summed E-state index contributed by atoms with van der Waals surface area (Å²) in [4.78, 5) is 31.1. The number of nitrogens with zero attached hydrogens (tertiary/aromatic N) is 3. The molecule has 0 aliphatic carbocycles. The zero-order valence-corrected chi connectivity index (χ0v) is 18.9. The first-order valence-corrected chi connectivity index (χ1v) is 11.1. The molecule has 1 aliphatic heterocycles. The van der Waals surface area contributed by atoms with E-state index in [0.29, 0.717) is 26.5 Å². The van der Waals surface area contributed by atoms with Crippen LogP contribution >= 0.6 is 35.0 Å². The third kappa shape index (κ3) is 5.88. The van der Waals surface area contributed by atoms with Crippen LogP contribution < -0.4 is 10.2 Å². The lowest BCUT2D eigenvalue weighted by Crippen LogP contribution is -2.32. The van der Waals surface area contributed by atoms with Crippen LogP contribution in [0.15, 0.2) is 53.2 Å². The number of hydrogen-bond donors (Lipinski definition) is 1. The summed E-state index contributed by atoms with van der Waals surface area (Å²) in [5.74, 6) is -0.469. The molecule has 1 heterocycles. The Balaban J connectivity index is 1.87. The minimum absolute atomic E-state index is 0.0694. The number of hydrogen-bond acceptors (Lipinski definition) is 5. The van der Waals surface area contributed by atoms with Crippen LogP contribution in [0.3, 0.4) is 0 Å². The summed E-state index contributed by atoms with van der Waals surface area (Å²) in [5, 5.41) is 12.4. The van der Waals surface area contributed by atoms with Gasteiger partial charge in [0.05, 0.1) is 34.0 Å². The van der Waals surface area contributed by atoms with Gasteiger partial charge in [-0.15, -0.1) is 0 Å². The van der Waals surface area contributed by atoms with Gasteiger partial charge >= 0.3 is 0 Å². The first kappa shape index (κ1) is 22.9. The number of benzene rings is 2. The first-order chi connectivity index (χ1) is 14.9. The molecule has 0 atom stereocenters. The Morgan fingerprint density at radius 3 is 2.65 bits per heavy atom. The molecular formula is C22H18Cl2N4O2S. The van der Waals surface area contributed by atoms with Crippen molar-refractivity contribution in [2.45, 2.75) is 13.3 Å². The molecule has 1 aliphatic rings. The van der Waals surface area contributed by atoms with Gasteiger partial charge in [0, 0.05) is 6.54 Å². The van der Waals surface area contributed by atoms with Crippen LogP contribution in [0.2, 0.25) is 10.0 Å². The number of amides is 2. The maximum atomic E-state index is 13.1. The molecular weight excluding hydrogens is 455 g/mol. The largest absolute Gasteiger partial charge is 0.354 e. The van der Waals surface area contributed by atoms with Gasteiger partial charge in [-0.1, -0.05) is 58.7 Å². The number of carbonyl (C=O) groups is 2. The van der Waals surface area contributed by atoms with Gasteiger partial charge in [-0.25, -0.2) is 4.99 Å². The van der Waals surface area contributed by atoms with Gasteiger partial charge in [0.25, 0.3) is 5.91 Å². The van der Waals surface area contributed by atoms with Crippen LogP contribution in [-0.2, 0) is 9.59 Å². The fraction of sp³-hybridized carbons (Fsp3) is 0.182. The topological polar surface area (TPSA) is 85.6 Å². The lowest BCUT2D eigenvalue weighted by atomic mass is 10.2. The van der Waals surface area contributed by atoms with E-state index in [-0.39, 0.29) is 36.2 Å². The second-order valence-corrected chi connectivity index (χ2v) is 8.38. The van der Waals surface area contributed by atoms with Crippen molar-refractivity contribution in [1.29, 1.82) is 5.26 Å². The molecule has 0 unspecified atom stereocenters. The number of nitrogens with one attached hydrogen (secondary N) is 1. The number of nitriles is 1. The molecule has 0 aromatic heterocycles. The van der Waals surface area contributed by atoms with Crippen molar-refractivity contribution in [3.8, 4) is 6.07 Å². The molecule has 2 amide bonds. The lowest BCUT2D eigenvalue weighted by Gasteiger charge is -2.18. The summed E-state index contributed by atoms with van der Waals surface area (Å²) < 4.78 is 0. The summed E-state index contributed by atoms with van der Waals surface area (Å²) in [6.07, 6.45) is 1.87. The molecule has 0 spiro atoms. The van der Waals surface area contributed by atoms with E-state index in [1.165, 1.54) is 4.90 Å². The highest BCUT2D eigenvalue weighted by Crippen LogP contribution is 2.30. The molecule has 6 nitrogen and oxygen atoms in total. The minimum Gasteiger partial charge on any atom is -0.354 e. The number of aryl methyl sites for hydroxylation is 1. The van der Waals surface area contributed by atoms with Crippen molar-refractivity contribution in [2.24, 2.45) is 4.99 Å². The zero-order chi connectivity index (χ0) is 22.4. The number of amidine groups is 1. The molecule has 0 saturated heterocycles. The molecule has 2 aromatic rings. The van der Waals surface area contributed by atoms with Crippen molar-refractivity contribution in [3.05, 3.63) is 69.3 Å². The third-order valence-corrected chi connectivity index (χ3v) is 5.94. The highest BCUT2D eigenvalue weighted by molar-refractivity contribution is 8.14. The van der Waals surface area contributed by atoms with Gasteiger partial charge in [0.1, 0.15) is 5.70 Å². The summed E-state index contributed by atoms with van der Waals surface area (Å²) in [6, 6.07) is 14.5. The SMILES string of the molecule is Cc1ccc(N2C(=O)/C(=C\c3ccc(Cl)c(Cl)c3)N=C2SCC(=O)NCCC#N)cc1. The number of halogens is 2. The van der Waals surface area contributed by atoms with E-state index >= 15 is 0 Å². The van der Waals surface area contributed by atoms with Crippen molar-refractivity contribution in [3.63, 3.8) is 0 Å². The molecule has 31 heavy (non-hydrogen) atoms.